The van der Waals surface area contributed by atoms with Crippen molar-refractivity contribution in [1.82, 2.24) is 0 Å². The van der Waals surface area contributed by atoms with Gasteiger partial charge >= 0.3 is 0 Å². The Hall–Kier alpha value is -1.38. The van der Waals surface area contributed by atoms with Crippen LogP contribution in [-0.2, 0) is 6.61 Å². The first kappa shape index (κ1) is 14.0. The van der Waals surface area contributed by atoms with Gasteiger partial charge in [0.05, 0.1) is 0 Å². The summed E-state index contributed by atoms with van der Waals surface area (Å²) in [4.78, 5) is 0. The SMILES string of the molecule is Cc1cc(OCc2c(Cl)cccc2Cl)c(C)cc1N. The fourth-order valence-electron chi connectivity index (χ4n) is 1.79. The molecule has 2 N–H and O–H groups in total. The van der Waals surface area contributed by atoms with Crippen LogP contribution in [0.25, 0.3) is 0 Å². The first-order valence-electron chi connectivity index (χ1n) is 5.91. The maximum absolute atomic E-state index is 6.11. The number of hydrogen-bond acceptors (Lipinski definition) is 2. The zero-order valence-corrected chi connectivity index (χ0v) is 12.3. The van der Waals surface area contributed by atoms with Gasteiger partial charge in [0, 0.05) is 21.3 Å². The quantitative estimate of drug-likeness (QED) is 0.828. The molecule has 0 spiro atoms. The molecule has 2 nitrogen and oxygen atoms in total. The molecular weight excluding hydrogens is 281 g/mol. The second-order valence-electron chi connectivity index (χ2n) is 4.46. The van der Waals surface area contributed by atoms with Gasteiger partial charge in [0.2, 0.25) is 0 Å². The molecule has 0 bridgehead atoms. The van der Waals surface area contributed by atoms with Crippen LogP contribution in [0.2, 0.25) is 10.0 Å². The molecule has 0 unspecified atom stereocenters. The standard InChI is InChI=1S/C15H15Cl2NO/c1-9-7-15(10(2)6-14(9)18)19-8-11-12(16)4-3-5-13(11)17/h3-7H,8,18H2,1-2H3. The Kier molecular flexibility index (Phi) is 4.23. The smallest absolute Gasteiger partial charge is 0.123 e. The Balaban J connectivity index is 2.22. The van der Waals surface area contributed by atoms with E-state index in [1.807, 2.05) is 32.0 Å². The number of benzene rings is 2. The topological polar surface area (TPSA) is 35.2 Å². The maximum Gasteiger partial charge on any atom is 0.123 e. The molecule has 0 saturated carbocycles. The number of ether oxygens (including phenoxy) is 1. The van der Waals surface area contributed by atoms with Crippen molar-refractivity contribution in [2.75, 3.05) is 5.73 Å². The molecule has 0 aromatic heterocycles. The van der Waals surface area contributed by atoms with E-state index in [-0.39, 0.29) is 0 Å². The summed E-state index contributed by atoms with van der Waals surface area (Å²) in [6, 6.07) is 9.24. The average Bonchev–Trinajstić information content (AvgIpc) is 2.34. The Bertz CT molecular complexity index is 591. The molecular formula is C15H15Cl2NO. The fourth-order valence-corrected chi connectivity index (χ4v) is 2.29. The van der Waals surface area contributed by atoms with Gasteiger partial charge in [-0.2, -0.15) is 0 Å². The summed E-state index contributed by atoms with van der Waals surface area (Å²) in [5, 5.41) is 1.22. The van der Waals surface area contributed by atoms with Gasteiger partial charge in [-0.3, -0.25) is 0 Å². The highest BCUT2D eigenvalue weighted by molar-refractivity contribution is 6.35. The van der Waals surface area contributed by atoms with E-state index in [1.165, 1.54) is 0 Å². The van der Waals surface area contributed by atoms with Crippen molar-refractivity contribution in [1.29, 1.82) is 0 Å². The number of anilines is 1. The van der Waals surface area contributed by atoms with Crippen molar-refractivity contribution in [3.63, 3.8) is 0 Å². The molecule has 2 aromatic rings. The first-order valence-corrected chi connectivity index (χ1v) is 6.67. The summed E-state index contributed by atoms with van der Waals surface area (Å²) in [7, 11) is 0. The number of nitrogen functional groups attached to an aromatic ring is 1. The predicted octanol–water partition coefficient (Wildman–Crippen LogP) is 4.77. The minimum Gasteiger partial charge on any atom is -0.489 e. The van der Waals surface area contributed by atoms with Gasteiger partial charge in [-0.25, -0.2) is 0 Å². The minimum atomic E-state index is 0.336. The van der Waals surface area contributed by atoms with Crippen LogP contribution in [0, 0.1) is 13.8 Å². The highest BCUT2D eigenvalue weighted by Gasteiger charge is 2.08. The molecule has 0 atom stereocenters. The number of aryl methyl sites for hydroxylation is 2. The summed E-state index contributed by atoms with van der Waals surface area (Å²) in [6.07, 6.45) is 0. The predicted molar refractivity (Wildman–Crippen MR) is 81.1 cm³/mol. The second kappa shape index (κ2) is 5.72. The number of rotatable bonds is 3. The highest BCUT2D eigenvalue weighted by atomic mass is 35.5. The summed E-state index contributed by atoms with van der Waals surface area (Å²) >= 11 is 12.2. The zero-order valence-electron chi connectivity index (χ0n) is 10.8. The van der Waals surface area contributed by atoms with E-state index in [9.17, 15) is 0 Å². The number of nitrogens with two attached hydrogens (primary N) is 1. The van der Waals surface area contributed by atoms with Gasteiger partial charge in [-0.1, -0.05) is 29.3 Å². The molecule has 4 heteroatoms. The van der Waals surface area contributed by atoms with Gasteiger partial charge < -0.3 is 10.5 Å². The Morgan fingerprint density at radius 2 is 1.68 bits per heavy atom. The van der Waals surface area contributed by atoms with E-state index in [1.54, 1.807) is 12.1 Å². The molecule has 19 heavy (non-hydrogen) atoms. The molecule has 0 aliphatic rings. The van der Waals surface area contributed by atoms with Crippen molar-refractivity contribution in [2.45, 2.75) is 20.5 Å². The third-order valence-corrected chi connectivity index (χ3v) is 3.71. The third-order valence-electron chi connectivity index (χ3n) is 3.00. The van der Waals surface area contributed by atoms with Crippen molar-refractivity contribution in [3.05, 3.63) is 57.1 Å². The van der Waals surface area contributed by atoms with Gasteiger partial charge in [-0.15, -0.1) is 0 Å². The zero-order chi connectivity index (χ0) is 14.0. The van der Waals surface area contributed by atoms with E-state index in [4.69, 9.17) is 33.7 Å². The normalized spacial score (nSPS) is 10.5. The van der Waals surface area contributed by atoms with Gasteiger partial charge in [0.25, 0.3) is 0 Å². The largest absolute Gasteiger partial charge is 0.489 e. The third kappa shape index (κ3) is 3.14. The highest BCUT2D eigenvalue weighted by Crippen LogP contribution is 2.28. The van der Waals surface area contributed by atoms with Crippen LogP contribution < -0.4 is 10.5 Å². The molecule has 0 radical (unpaired) electrons. The lowest BCUT2D eigenvalue weighted by Gasteiger charge is -2.13. The van der Waals surface area contributed by atoms with E-state index in [0.717, 1.165) is 28.1 Å². The number of hydrogen-bond donors (Lipinski definition) is 1. The summed E-state index contributed by atoms with van der Waals surface area (Å²) in [6.45, 7) is 4.24. The first-order chi connectivity index (χ1) is 8.99. The van der Waals surface area contributed by atoms with E-state index >= 15 is 0 Å². The average molecular weight is 296 g/mol. The van der Waals surface area contributed by atoms with Crippen molar-refractivity contribution in [3.8, 4) is 5.75 Å². The minimum absolute atomic E-state index is 0.336. The van der Waals surface area contributed by atoms with Gasteiger partial charge in [-0.05, 0) is 49.2 Å². The van der Waals surface area contributed by atoms with E-state index in [0.29, 0.717) is 16.7 Å². The molecule has 0 saturated heterocycles. The second-order valence-corrected chi connectivity index (χ2v) is 5.28. The lowest BCUT2D eigenvalue weighted by Crippen LogP contribution is -2.00. The summed E-state index contributed by atoms with van der Waals surface area (Å²) in [5.74, 6) is 0.794. The summed E-state index contributed by atoms with van der Waals surface area (Å²) in [5.41, 5.74) is 9.39. The van der Waals surface area contributed by atoms with Crippen LogP contribution in [0.15, 0.2) is 30.3 Å². The summed E-state index contributed by atoms with van der Waals surface area (Å²) < 4.78 is 5.80. The molecule has 0 aliphatic carbocycles. The van der Waals surface area contributed by atoms with Crippen LogP contribution in [0.5, 0.6) is 5.75 Å². The van der Waals surface area contributed by atoms with Crippen molar-refractivity contribution < 1.29 is 4.74 Å². The Morgan fingerprint density at radius 3 is 2.32 bits per heavy atom. The maximum atomic E-state index is 6.11. The van der Waals surface area contributed by atoms with Gasteiger partial charge in [0.15, 0.2) is 0 Å². The van der Waals surface area contributed by atoms with Crippen LogP contribution in [-0.4, -0.2) is 0 Å². The molecule has 0 heterocycles. The van der Waals surface area contributed by atoms with Crippen LogP contribution in [0.3, 0.4) is 0 Å². The molecule has 2 rings (SSSR count). The van der Waals surface area contributed by atoms with Crippen LogP contribution >= 0.6 is 23.2 Å². The van der Waals surface area contributed by atoms with E-state index < -0.39 is 0 Å². The fraction of sp³-hybridized carbons (Fsp3) is 0.200. The molecule has 2 aromatic carbocycles. The monoisotopic (exact) mass is 295 g/mol. The van der Waals surface area contributed by atoms with Crippen molar-refractivity contribution in [2.24, 2.45) is 0 Å². The molecule has 0 aliphatic heterocycles. The Labute approximate surface area is 123 Å². The lowest BCUT2D eigenvalue weighted by molar-refractivity contribution is 0.304. The van der Waals surface area contributed by atoms with Crippen LogP contribution in [0.4, 0.5) is 5.69 Å². The van der Waals surface area contributed by atoms with Gasteiger partial charge in [0.1, 0.15) is 12.4 Å². The van der Waals surface area contributed by atoms with Crippen LogP contribution in [0.1, 0.15) is 16.7 Å². The lowest BCUT2D eigenvalue weighted by atomic mass is 10.1. The van der Waals surface area contributed by atoms with E-state index in [2.05, 4.69) is 0 Å². The molecule has 0 amide bonds. The van der Waals surface area contributed by atoms with Crippen molar-refractivity contribution >= 4 is 28.9 Å². The molecule has 100 valence electrons. The molecule has 0 fully saturated rings. The number of halogens is 2. The Morgan fingerprint density at radius 1 is 1.05 bits per heavy atom.